The maximum Gasteiger partial charge on any atom is 0.280 e. The van der Waals surface area contributed by atoms with Gasteiger partial charge in [0.25, 0.3) is 5.91 Å². The summed E-state index contributed by atoms with van der Waals surface area (Å²) in [5.74, 6) is -0.250. The second kappa shape index (κ2) is 5.87. The van der Waals surface area contributed by atoms with E-state index >= 15 is 0 Å². The fourth-order valence-corrected chi connectivity index (χ4v) is 2.06. The van der Waals surface area contributed by atoms with Crippen LogP contribution in [0.15, 0.2) is 54.6 Å². The predicted molar refractivity (Wildman–Crippen MR) is 85.2 cm³/mol. The lowest BCUT2D eigenvalue weighted by atomic mass is 10.3. The first kappa shape index (κ1) is 14.1. The largest absolute Gasteiger partial charge is 0.382 e. The molecule has 3 aromatic rings. The number of carbonyl (C=O) groups excluding carboxylic acids is 1. The number of amides is 1. The van der Waals surface area contributed by atoms with E-state index < -0.39 is 5.91 Å². The van der Waals surface area contributed by atoms with Crippen molar-refractivity contribution in [2.75, 3.05) is 11.1 Å². The molecule has 0 unspecified atom stereocenters. The maximum absolute atomic E-state index is 12.2. The fraction of sp³-hybridized carbons (Fsp3) is 0. The molecule has 0 atom stereocenters. The number of nitrogens with one attached hydrogen (secondary N) is 1. The Kier molecular flexibility index (Phi) is 3.76. The standard InChI is InChI=1S/C15H12ClN5O/c16-10-6-8-12(9-7-10)21-14(17)13(19-20-21)15(22)18-11-4-2-1-3-5-11/h1-9H,17H2,(H,18,22). The molecule has 2 aromatic carbocycles. The van der Waals surface area contributed by atoms with Crippen molar-refractivity contribution >= 4 is 29.0 Å². The van der Waals surface area contributed by atoms with E-state index in [2.05, 4.69) is 15.6 Å². The van der Waals surface area contributed by atoms with Crippen LogP contribution in [0.3, 0.4) is 0 Å². The van der Waals surface area contributed by atoms with Crippen LogP contribution >= 0.6 is 11.6 Å². The average molecular weight is 314 g/mol. The van der Waals surface area contributed by atoms with Crippen molar-refractivity contribution in [3.05, 3.63) is 65.3 Å². The molecule has 3 N–H and O–H groups in total. The van der Waals surface area contributed by atoms with Gasteiger partial charge in [0.05, 0.1) is 5.69 Å². The lowest BCUT2D eigenvalue weighted by molar-refractivity contribution is 0.102. The van der Waals surface area contributed by atoms with Crippen molar-refractivity contribution in [1.29, 1.82) is 0 Å². The van der Waals surface area contributed by atoms with Crippen molar-refractivity contribution < 1.29 is 4.79 Å². The average Bonchev–Trinajstić information content (AvgIpc) is 2.91. The Morgan fingerprint density at radius 3 is 2.45 bits per heavy atom. The molecular formula is C15H12ClN5O. The van der Waals surface area contributed by atoms with Crippen molar-refractivity contribution in [3.63, 3.8) is 0 Å². The molecule has 7 heteroatoms. The summed E-state index contributed by atoms with van der Waals surface area (Å²) in [6.45, 7) is 0. The van der Waals surface area contributed by atoms with Crippen LogP contribution in [0.2, 0.25) is 5.02 Å². The van der Waals surface area contributed by atoms with E-state index in [9.17, 15) is 4.79 Å². The van der Waals surface area contributed by atoms with Gasteiger partial charge in [-0.1, -0.05) is 35.0 Å². The van der Waals surface area contributed by atoms with E-state index in [4.69, 9.17) is 17.3 Å². The first-order chi connectivity index (χ1) is 10.6. The molecule has 6 nitrogen and oxygen atoms in total. The van der Waals surface area contributed by atoms with Crippen LogP contribution in [0.25, 0.3) is 5.69 Å². The molecule has 0 aliphatic carbocycles. The highest BCUT2D eigenvalue weighted by Gasteiger charge is 2.18. The summed E-state index contributed by atoms with van der Waals surface area (Å²) >= 11 is 5.84. The monoisotopic (exact) mass is 313 g/mol. The van der Waals surface area contributed by atoms with Crippen LogP contribution in [0.4, 0.5) is 11.5 Å². The second-order valence-electron chi connectivity index (χ2n) is 4.53. The maximum atomic E-state index is 12.2. The lowest BCUT2D eigenvalue weighted by Crippen LogP contribution is -2.14. The van der Waals surface area contributed by atoms with Gasteiger partial charge in [0.1, 0.15) is 0 Å². The minimum atomic E-state index is -0.413. The number of nitrogens with zero attached hydrogens (tertiary/aromatic N) is 3. The summed E-state index contributed by atoms with van der Waals surface area (Å²) in [6.07, 6.45) is 0. The number of carbonyl (C=O) groups is 1. The first-order valence-corrected chi connectivity index (χ1v) is 6.86. The number of halogens is 1. The third-order valence-electron chi connectivity index (χ3n) is 3.02. The summed E-state index contributed by atoms with van der Waals surface area (Å²) in [4.78, 5) is 12.2. The van der Waals surface area contributed by atoms with E-state index in [-0.39, 0.29) is 11.5 Å². The molecular weight excluding hydrogens is 302 g/mol. The van der Waals surface area contributed by atoms with Gasteiger partial charge in [0, 0.05) is 10.7 Å². The number of benzene rings is 2. The number of hydrogen-bond acceptors (Lipinski definition) is 4. The highest BCUT2D eigenvalue weighted by atomic mass is 35.5. The zero-order chi connectivity index (χ0) is 15.5. The molecule has 0 saturated heterocycles. The van der Waals surface area contributed by atoms with Gasteiger partial charge in [-0.2, -0.15) is 4.68 Å². The zero-order valence-corrected chi connectivity index (χ0v) is 12.2. The zero-order valence-electron chi connectivity index (χ0n) is 11.4. The second-order valence-corrected chi connectivity index (χ2v) is 4.97. The number of anilines is 2. The van der Waals surface area contributed by atoms with E-state index in [1.54, 1.807) is 36.4 Å². The minimum Gasteiger partial charge on any atom is -0.382 e. The molecule has 110 valence electrons. The number of nitrogen functional groups attached to an aromatic ring is 1. The van der Waals surface area contributed by atoms with Gasteiger partial charge in [-0.3, -0.25) is 4.79 Å². The molecule has 0 aliphatic rings. The lowest BCUT2D eigenvalue weighted by Gasteiger charge is -2.04. The molecule has 1 aromatic heterocycles. The van der Waals surface area contributed by atoms with Crippen LogP contribution in [0.1, 0.15) is 10.5 Å². The smallest absolute Gasteiger partial charge is 0.280 e. The minimum absolute atomic E-state index is 0.0683. The van der Waals surface area contributed by atoms with E-state index in [0.717, 1.165) is 0 Å². The summed E-state index contributed by atoms with van der Waals surface area (Å²) < 4.78 is 1.39. The van der Waals surface area contributed by atoms with Crippen molar-refractivity contribution in [2.45, 2.75) is 0 Å². The van der Waals surface area contributed by atoms with Gasteiger partial charge in [-0.25, -0.2) is 0 Å². The Morgan fingerprint density at radius 1 is 1.09 bits per heavy atom. The van der Waals surface area contributed by atoms with Gasteiger partial charge < -0.3 is 11.1 Å². The van der Waals surface area contributed by atoms with Gasteiger partial charge >= 0.3 is 0 Å². The van der Waals surface area contributed by atoms with Crippen molar-refractivity contribution in [1.82, 2.24) is 15.0 Å². The van der Waals surface area contributed by atoms with E-state index in [1.165, 1.54) is 4.68 Å². The number of rotatable bonds is 3. The quantitative estimate of drug-likeness (QED) is 0.778. The van der Waals surface area contributed by atoms with E-state index in [0.29, 0.717) is 16.4 Å². The Hall–Kier alpha value is -2.86. The highest BCUT2D eigenvalue weighted by Crippen LogP contribution is 2.18. The van der Waals surface area contributed by atoms with Crippen LogP contribution in [-0.4, -0.2) is 20.9 Å². The van der Waals surface area contributed by atoms with Crippen molar-refractivity contribution in [3.8, 4) is 5.69 Å². The van der Waals surface area contributed by atoms with E-state index in [1.807, 2.05) is 18.2 Å². The van der Waals surface area contributed by atoms with Crippen molar-refractivity contribution in [2.24, 2.45) is 0 Å². The molecule has 3 rings (SSSR count). The third kappa shape index (κ3) is 2.77. The van der Waals surface area contributed by atoms with Crippen LogP contribution < -0.4 is 11.1 Å². The topological polar surface area (TPSA) is 85.8 Å². The predicted octanol–water partition coefficient (Wildman–Crippen LogP) is 2.76. The summed E-state index contributed by atoms with van der Waals surface area (Å²) in [5, 5.41) is 11.1. The SMILES string of the molecule is Nc1c(C(=O)Nc2ccccc2)nnn1-c1ccc(Cl)cc1. The fourth-order valence-electron chi connectivity index (χ4n) is 1.94. The van der Waals surface area contributed by atoms with Gasteiger partial charge in [-0.15, -0.1) is 5.10 Å². The molecule has 22 heavy (non-hydrogen) atoms. The normalized spacial score (nSPS) is 10.4. The Morgan fingerprint density at radius 2 is 1.77 bits per heavy atom. The molecule has 1 amide bonds. The molecule has 0 saturated carbocycles. The molecule has 1 heterocycles. The molecule has 0 spiro atoms. The van der Waals surface area contributed by atoms with Gasteiger partial charge in [0.2, 0.25) is 0 Å². The first-order valence-electron chi connectivity index (χ1n) is 6.48. The highest BCUT2D eigenvalue weighted by molar-refractivity contribution is 6.30. The summed E-state index contributed by atoms with van der Waals surface area (Å²) in [6, 6.07) is 16.0. The Bertz CT molecular complexity index is 799. The molecule has 0 aliphatic heterocycles. The number of para-hydroxylation sites is 1. The number of hydrogen-bond donors (Lipinski definition) is 2. The third-order valence-corrected chi connectivity index (χ3v) is 3.27. The van der Waals surface area contributed by atoms with Crippen LogP contribution in [-0.2, 0) is 0 Å². The summed E-state index contributed by atoms with van der Waals surface area (Å²) in [5.41, 5.74) is 7.37. The van der Waals surface area contributed by atoms with Gasteiger partial charge in [-0.05, 0) is 36.4 Å². The number of aromatic nitrogens is 3. The van der Waals surface area contributed by atoms with Crippen LogP contribution in [0, 0.1) is 0 Å². The number of nitrogens with two attached hydrogens (primary N) is 1. The van der Waals surface area contributed by atoms with Crippen LogP contribution in [0.5, 0.6) is 0 Å². The summed E-state index contributed by atoms with van der Waals surface area (Å²) in [7, 11) is 0. The Balaban J connectivity index is 1.87. The Labute approximate surface area is 131 Å². The molecule has 0 fully saturated rings. The molecule has 0 bridgehead atoms. The molecule has 0 radical (unpaired) electrons. The van der Waals surface area contributed by atoms with Gasteiger partial charge in [0.15, 0.2) is 11.5 Å².